The van der Waals surface area contributed by atoms with Gasteiger partial charge in [-0.1, -0.05) is 38.4 Å². The van der Waals surface area contributed by atoms with Gasteiger partial charge < -0.3 is 9.26 Å². The maximum atomic E-state index is 13.1. The first-order valence-corrected chi connectivity index (χ1v) is 9.36. The van der Waals surface area contributed by atoms with Crippen LogP contribution < -0.4 is 0 Å². The number of hydrogen-bond donors (Lipinski definition) is 0. The predicted octanol–water partition coefficient (Wildman–Crippen LogP) is 4.17. The van der Waals surface area contributed by atoms with Gasteiger partial charge in [0.05, 0.1) is 18.8 Å². The van der Waals surface area contributed by atoms with E-state index in [2.05, 4.69) is 36.4 Å². The number of halogens is 2. The number of rotatable bonds is 3. The quantitative estimate of drug-likeness (QED) is 0.474. The molecule has 0 N–H and O–H groups in total. The van der Waals surface area contributed by atoms with Gasteiger partial charge in [-0.3, -0.25) is 0 Å². The number of aromatic nitrogens is 5. The van der Waals surface area contributed by atoms with E-state index in [0.29, 0.717) is 30.6 Å². The van der Waals surface area contributed by atoms with Crippen molar-refractivity contribution in [2.45, 2.75) is 19.3 Å². The van der Waals surface area contributed by atoms with E-state index >= 15 is 0 Å². The van der Waals surface area contributed by atoms with Gasteiger partial charge >= 0.3 is 0 Å². The molecule has 1 aliphatic rings. The molecule has 0 spiro atoms. The van der Waals surface area contributed by atoms with E-state index in [0.717, 1.165) is 21.3 Å². The van der Waals surface area contributed by atoms with E-state index in [9.17, 15) is 4.39 Å². The molecule has 0 saturated heterocycles. The minimum Gasteiger partial charge on any atom is -0.365 e. The molecule has 0 aliphatic carbocycles. The van der Waals surface area contributed by atoms with Crippen molar-refractivity contribution >= 4 is 15.9 Å². The molecule has 2 aromatic carbocycles. The van der Waals surface area contributed by atoms with Crippen LogP contribution in [0, 0.1) is 5.82 Å². The SMILES string of the molecule is Fc1ccc([C@H]2Cn3nnc(-c4nc(-c5ccc(Br)cc5)no4)c3CO2)cc1. The van der Waals surface area contributed by atoms with E-state index in [-0.39, 0.29) is 11.9 Å². The molecule has 28 heavy (non-hydrogen) atoms. The molecule has 1 atom stereocenters. The van der Waals surface area contributed by atoms with Gasteiger partial charge in [0.1, 0.15) is 11.9 Å². The number of hydrogen-bond acceptors (Lipinski definition) is 6. The summed E-state index contributed by atoms with van der Waals surface area (Å²) >= 11 is 3.40. The Morgan fingerprint density at radius 2 is 1.86 bits per heavy atom. The van der Waals surface area contributed by atoms with Crippen LogP contribution in [-0.4, -0.2) is 25.1 Å². The van der Waals surface area contributed by atoms with E-state index in [1.54, 1.807) is 16.8 Å². The van der Waals surface area contributed by atoms with Gasteiger partial charge in [0.2, 0.25) is 5.82 Å². The first-order chi connectivity index (χ1) is 13.7. The van der Waals surface area contributed by atoms with Crippen molar-refractivity contribution in [3.05, 3.63) is 70.1 Å². The molecule has 0 fully saturated rings. The van der Waals surface area contributed by atoms with Crippen LogP contribution in [0.15, 0.2) is 57.5 Å². The van der Waals surface area contributed by atoms with Crippen LogP contribution in [0.2, 0.25) is 0 Å². The highest BCUT2D eigenvalue weighted by molar-refractivity contribution is 9.10. The highest BCUT2D eigenvalue weighted by Crippen LogP contribution is 2.31. The largest absolute Gasteiger partial charge is 0.365 e. The lowest BCUT2D eigenvalue weighted by molar-refractivity contribution is -0.00120. The summed E-state index contributed by atoms with van der Waals surface area (Å²) in [5, 5.41) is 12.4. The molecule has 2 aromatic heterocycles. The smallest absolute Gasteiger partial charge is 0.280 e. The lowest BCUT2D eigenvalue weighted by Gasteiger charge is -2.24. The standard InChI is InChI=1S/C19H13BrFN5O2/c20-13-5-1-12(2-6-13)18-22-19(28-24-18)17-15-10-27-16(9-26(15)25-23-17)11-3-7-14(21)8-4-11/h1-8,16H,9-10H2/t16-/m1/s1. The fraction of sp³-hybridized carbons (Fsp3) is 0.158. The molecule has 0 radical (unpaired) electrons. The molecule has 0 bridgehead atoms. The lowest BCUT2D eigenvalue weighted by atomic mass is 10.1. The highest BCUT2D eigenvalue weighted by atomic mass is 79.9. The van der Waals surface area contributed by atoms with Gasteiger partial charge in [0.15, 0.2) is 5.69 Å². The van der Waals surface area contributed by atoms with Crippen LogP contribution in [0.25, 0.3) is 23.0 Å². The maximum absolute atomic E-state index is 13.1. The van der Waals surface area contributed by atoms with Crippen LogP contribution in [0.5, 0.6) is 0 Å². The van der Waals surface area contributed by atoms with Crippen LogP contribution in [0.1, 0.15) is 17.4 Å². The molecule has 5 rings (SSSR count). The Morgan fingerprint density at radius 3 is 2.64 bits per heavy atom. The van der Waals surface area contributed by atoms with Crippen LogP contribution >= 0.6 is 15.9 Å². The number of ether oxygens (including phenoxy) is 1. The topological polar surface area (TPSA) is 78.9 Å². The van der Waals surface area contributed by atoms with Crippen molar-refractivity contribution in [3.63, 3.8) is 0 Å². The summed E-state index contributed by atoms with van der Waals surface area (Å²) in [5.74, 6) is 0.495. The fourth-order valence-electron chi connectivity index (χ4n) is 3.09. The first-order valence-electron chi connectivity index (χ1n) is 8.57. The molecule has 9 heteroatoms. The van der Waals surface area contributed by atoms with Crippen molar-refractivity contribution in [1.82, 2.24) is 25.1 Å². The summed E-state index contributed by atoms with van der Waals surface area (Å²) < 4.78 is 27.2. The lowest BCUT2D eigenvalue weighted by Crippen LogP contribution is -2.22. The van der Waals surface area contributed by atoms with Gasteiger partial charge in [-0.2, -0.15) is 4.98 Å². The van der Waals surface area contributed by atoms with Gasteiger partial charge in [-0.05, 0) is 42.0 Å². The van der Waals surface area contributed by atoms with E-state index in [1.165, 1.54) is 12.1 Å². The van der Waals surface area contributed by atoms with E-state index < -0.39 is 0 Å². The Labute approximate surface area is 167 Å². The van der Waals surface area contributed by atoms with Gasteiger partial charge in [0.25, 0.3) is 5.89 Å². The fourth-order valence-corrected chi connectivity index (χ4v) is 3.36. The van der Waals surface area contributed by atoms with Crippen molar-refractivity contribution in [1.29, 1.82) is 0 Å². The molecule has 7 nitrogen and oxygen atoms in total. The zero-order valence-electron chi connectivity index (χ0n) is 14.4. The average molecular weight is 442 g/mol. The van der Waals surface area contributed by atoms with Gasteiger partial charge in [-0.25, -0.2) is 9.07 Å². The summed E-state index contributed by atoms with van der Waals surface area (Å²) in [6.07, 6.45) is -0.219. The third kappa shape index (κ3) is 3.12. The van der Waals surface area contributed by atoms with Crippen LogP contribution in [-0.2, 0) is 17.9 Å². The minimum absolute atomic E-state index is 0.219. The normalized spacial score (nSPS) is 16.1. The van der Waals surface area contributed by atoms with Crippen molar-refractivity contribution in [2.75, 3.05) is 0 Å². The van der Waals surface area contributed by atoms with Crippen LogP contribution in [0.3, 0.4) is 0 Å². The second-order valence-corrected chi connectivity index (χ2v) is 7.26. The van der Waals surface area contributed by atoms with Crippen molar-refractivity contribution < 1.29 is 13.7 Å². The third-order valence-corrected chi connectivity index (χ3v) is 5.10. The Hall–Kier alpha value is -2.91. The minimum atomic E-state index is -0.277. The molecule has 140 valence electrons. The van der Waals surface area contributed by atoms with E-state index in [4.69, 9.17) is 9.26 Å². The summed E-state index contributed by atoms with van der Waals surface area (Å²) in [7, 11) is 0. The molecule has 3 heterocycles. The van der Waals surface area contributed by atoms with E-state index in [1.807, 2.05) is 24.3 Å². The predicted molar refractivity (Wildman–Crippen MR) is 100 cm³/mol. The number of benzene rings is 2. The molecular weight excluding hydrogens is 429 g/mol. The summed E-state index contributed by atoms with van der Waals surface area (Å²) in [4.78, 5) is 4.44. The Balaban J connectivity index is 1.41. The Kier molecular flexibility index (Phi) is 4.25. The monoisotopic (exact) mass is 441 g/mol. The molecule has 0 unspecified atom stereocenters. The molecule has 0 amide bonds. The molecular formula is C19H13BrFN5O2. The zero-order valence-corrected chi connectivity index (χ0v) is 16.0. The maximum Gasteiger partial charge on any atom is 0.280 e. The molecule has 0 saturated carbocycles. The third-order valence-electron chi connectivity index (χ3n) is 4.57. The number of nitrogens with zero attached hydrogens (tertiary/aromatic N) is 5. The number of fused-ring (bicyclic) bond motifs is 1. The molecule has 1 aliphatic heterocycles. The second-order valence-electron chi connectivity index (χ2n) is 6.35. The summed E-state index contributed by atoms with van der Waals surface area (Å²) in [5.41, 5.74) is 3.00. The van der Waals surface area contributed by atoms with Gasteiger partial charge in [-0.15, -0.1) is 5.10 Å². The summed E-state index contributed by atoms with van der Waals surface area (Å²) in [6.45, 7) is 0.766. The van der Waals surface area contributed by atoms with Crippen LogP contribution in [0.4, 0.5) is 4.39 Å². The average Bonchev–Trinajstić information content (AvgIpc) is 3.35. The first kappa shape index (κ1) is 17.2. The highest BCUT2D eigenvalue weighted by Gasteiger charge is 2.28. The second kappa shape index (κ2) is 6.92. The zero-order chi connectivity index (χ0) is 19.1. The summed E-state index contributed by atoms with van der Waals surface area (Å²) in [6, 6.07) is 13.9. The Morgan fingerprint density at radius 1 is 1.07 bits per heavy atom. The van der Waals surface area contributed by atoms with Gasteiger partial charge in [0, 0.05) is 10.0 Å². The molecule has 4 aromatic rings. The van der Waals surface area contributed by atoms with Crippen molar-refractivity contribution in [3.8, 4) is 23.0 Å². The Bertz CT molecular complexity index is 1120. The van der Waals surface area contributed by atoms with Crippen molar-refractivity contribution in [2.24, 2.45) is 0 Å².